The summed E-state index contributed by atoms with van der Waals surface area (Å²) in [6.07, 6.45) is 6.60. The van der Waals surface area contributed by atoms with Gasteiger partial charge in [-0.1, -0.05) is 19.1 Å². The molecule has 6 rings (SSSR count). The number of likely N-dealkylation sites (tertiary alicyclic amines) is 1. The van der Waals surface area contributed by atoms with Crippen molar-refractivity contribution in [1.82, 2.24) is 4.90 Å². The molecule has 7 nitrogen and oxygen atoms in total. The van der Waals surface area contributed by atoms with Gasteiger partial charge in [-0.15, -0.1) is 0 Å². The molecule has 0 spiro atoms. The van der Waals surface area contributed by atoms with E-state index in [9.17, 15) is 15.0 Å². The summed E-state index contributed by atoms with van der Waals surface area (Å²) >= 11 is 0. The maximum absolute atomic E-state index is 11.8. The third kappa shape index (κ3) is 5.27. The molecule has 2 N–H and O–H groups in total. The summed E-state index contributed by atoms with van der Waals surface area (Å²) < 4.78 is 18.2. The van der Waals surface area contributed by atoms with E-state index < -0.39 is 5.97 Å². The topological polar surface area (TPSA) is 92.4 Å². The second kappa shape index (κ2) is 10.9. The van der Waals surface area contributed by atoms with Gasteiger partial charge in [0.05, 0.1) is 18.6 Å². The predicted molar refractivity (Wildman–Crippen MR) is 148 cm³/mol. The summed E-state index contributed by atoms with van der Waals surface area (Å²) in [5.41, 5.74) is 4.19. The number of aliphatic hydroxyl groups excluding tert-OH is 1. The molecule has 0 amide bonds. The van der Waals surface area contributed by atoms with Crippen molar-refractivity contribution in [2.24, 2.45) is 17.8 Å². The van der Waals surface area contributed by atoms with Crippen molar-refractivity contribution < 1.29 is 28.9 Å². The number of carbonyl (C=O) groups is 1. The van der Waals surface area contributed by atoms with Crippen molar-refractivity contribution in [3.63, 3.8) is 0 Å². The maximum Gasteiger partial charge on any atom is 0.306 e. The Bertz CT molecular complexity index is 1340. The number of rotatable bonds is 9. The first kappa shape index (κ1) is 26.2. The molecule has 1 aliphatic carbocycles. The van der Waals surface area contributed by atoms with Crippen molar-refractivity contribution in [2.75, 3.05) is 20.2 Å². The van der Waals surface area contributed by atoms with E-state index in [1.165, 1.54) is 5.56 Å². The number of hydrogen-bond donors (Lipinski definition) is 2. The van der Waals surface area contributed by atoms with Crippen molar-refractivity contribution in [1.29, 1.82) is 0 Å². The third-order valence-electron chi connectivity index (χ3n) is 9.22. The lowest BCUT2D eigenvalue weighted by molar-refractivity contribution is -0.142. The first-order valence-corrected chi connectivity index (χ1v) is 14.4. The van der Waals surface area contributed by atoms with Crippen LogP contribution in [-0.4, -0.2) is 47.4 Å². The lowest BCUT2D eigenvalue weighted by atomic mass is 9.81. The Kier molecular flexibility index (Phi) is 7.29. The van der Waals surface area contributed by atoms with Crippen LogP contribution in [0.5, 0.6) is 11.5 Å². The first-order valence-electron chi connectivity index (χ1n) is 14.4. The van der Waals surface area contributed by atoms with Crippen LogP contribution in [0.1, 0.15) is 67.4 Å². The number of nitrogens with zero attached hydrogens (tertiary/aromatic N) is 1. The zero-order valence-electron chi connectivity index (χ0n) is 22.9. The van der Waals surface area contributed by atoms with Gasteiger partial charge in [0.15, 0.2) is 0 Å². The van der Waals surface area contributed by atoms with Crippen LogP contribution < -0.4 is 9.47 Å². The van der Waals surface area contributed by atoms with E-state index in [2.05, 4.69) is 23.1 Å². The fourth-order valence-corrected chi connectivity index (χ4v) is 6.85. The number of fused-ring (bicyclic) bond motifs is 2. The van der Waals surface area contributed by atoms with Crippen LogP contribution in [0.2, 0.25) is 0 Å². The monoisotopic (exact) mass is 533 g/mol. The second-order valence-corrected chi connectivity index (χ2v) is 11.7. The predicted octanol–water partition coefficient (Wildman–Crippen LogP) is 5.75. The van der Waals surface area contributed by atoms with Crippen LogP contribution in [-0.2, 0) is 24.4 Å². The maximum atomic E-state index is 11.8. The van der Waals surface area contributed by atoms with Crippen LogP contribution >= 0.6 is 0 Å². The van der Waals surface area contributed by atoms with E-state index in [0.717, 1.165) is 91.8 Å². The highest BCUT2D eigenvalue weighted by Gasteiger charge is 2.39. The summed E-state index contributed by atoms with van der Waals surface area (Å²) in [6.45, 7) is 4.42. The van der Waals surface area contributed by atoms with Crippen molar-refractivity contribution in [3.05, 3.63) is 58.8 Å². The standard InChI is InChI=1S/C32H39NO6/c1-19(32(35)36)30(22-4-5-22)23-6-3-20-7-9-27(39-29(20)16-23)21-11-13-33(14-12-21)17-26-28(37-2)10-8-24-15-25(18-34)38-31(24)26/h3,6,8,10,15-16,19,21-22,27,30,34H,4-5,7,9,11-14,17-18H2,1-2H3,(H,35,36)/t19-,27?,30-/m0/s1. The smallest absolute Gasteiger partial charge is 0.306 e. The molecule has 3 aliphatic rings. The molecular weight excluding hydrogens is 494 g/mol. The number of carboxylic acids is 1. The molecule has 1 saturated heterocycles. The SMILES string of the molecule is COc1ccc2cc(CO)oc2c1CN1CCC(C2CCc3ccc([C@H](C4CC4)[C@H](C)C(=O)O)cc3O2)CC1. The number of methoxy groups -OCH3 is 1. The van der Waals surface area contributed by atoms with Gasteiger partial charge >= 0.3 is 5.97 Å². The molecule has 2 aliphatic heterocycles. The first-order chi connectivity index (χ1) is 18.9. The van der Waals surface area contributed by atoms with E-state index in [1.54, 1.807) is 7.11 Å². The molecule has 1 aromatic heterocycles. The zero-order valence-corrected chi connectivity index (χ0v) is 22.9. The number of furan rings is 1. The number of aliphatic hydroxyl groups is 1. The number of piperidine rings is 1. The summed E-state index contributed by atoms with van der Waals surface area (Å²) in [5.74, 6) is 2.26. The average molecular weight is 534 g/mol. The van der Waals surface area contributed by atoms with Gasteiger partial charge in [0.25, 0.3) is 0 Å². The molecule has 2 fully saturated rings. The van der Waals surface area contributed by atoms with Gasteiger partial charge in [-0.3, -0.25) is 9.69 Å². The van der Waals surface area contributed by atoms with Crippen LogP contribution in [0.3, 0.4) is 0 Å². The Hall–Kier alpha value is -3.03. The lowest BCUT2D eigenvalue weighted by Gasteiger charge is -2.38. The van der Waals surface area contributed by atoms with E-state index in [0.29, 0.717) is 17.6 Å². The van der Waals surface area contributed by atoms with Gasteiger partial charge in [0.2, 0.25) is 0 Å². The van der Waals surface area contributed by atoms with Crippen molar-refractivity contribution in [3.8, 4) is 11.5 Å². The fourth-order valence-electron chi connectivity index (χ4n) is 6.85. The van der Waals surface area contributed by atoms with Crippen LogP contribution in [0.25, 0.3) is 11.0 Å². The van der Waals surface area contributed by atoms with Crippen LogP contribution in [0, 0.1) is 17.8 Å². The zero-order chi connectivity index (χ0) is 27.1. The Labute approximate surface area is 229 Å². The summed E-state index contributed by atoms with van der Waals surface area (Å²) in [4.78, 5) is 14.2. The summed E-state index contributed by atoms with van der Waals surface area (Å²) in [5, 5.41) is 20.2. The van der Waals surface area contributed by atoms with E-state index in [4.69, 9.17) is 13.9 Å². The number of ether oxygens (including phenoxy) is 2. The van der Waals surface area contributed by atoms with Gasteiger partial charge in [-0.05, 0) is 105 Å². The molecule has 7 heteroatoms. The number of aryl methyl sites for hydroxylation is 1. The third-order valence-corrected chi connectivity index (χ3v) is 9.22. The van der Waals surface area contributed by atoms with Crippen molar-refractivity contribution in [2.45, 2.75) is 70.6 Å². The van der Waals surface area contributed by atoms with Gasteiger partial charge in [0.1, 0.15) is 35.6 Å². The molecule has 3 aromatic rings. The van der Waals surface area contributed by atoms with Gasteiger partial charge in [-0.25, -0.2) is 0 Å². The summed E-state index contributed by atoms with van der Waals surface area (Å²) in [6, 6.07) is 12.3. The number of carboxylic acid groups (broad SMARTS) is 1. The molecule has 0 radical (unpaired) electrons. The minimum Gasteiger partial charge on any atom is -0.496 e. The van der Waals surface area contributed by atoms with Gasteiger partial charge in [0, 0.05) is 11.9 Å². The minimum absolute atomic E-state index is 0.0593. The molecular formula is C32H39NO6. The highest BCUT2D eigenvalue weighted by Crippen LogP contribution is 2.48. The molecule has 2 aromatic carbocycles. The molecule has 3 atom stereocenters. The number of benzene rings is 2. The van der Waals surface area contributed by atoms with Crippen LogP contribution in [0.4, 0.5) is 0 Å². The molecule has 208 valence electrons. The molecule has 3 heterocycles. The highest BCUT2D eigenvalue weighted by atomic mass is 16.5. The van der Waals surface area contributed by atoms with E-state index >= 15 is 0 Å². The number of aliphatic carboxylic acids is 1. The second-order valence-electron chi connectivity index (χ2n) is 11.7. The number of hydrogen-bond acceptors (Lipinski definition) is 6. The lowest BCUT2D eigenvalue weighted by Crippen LogP contribution is -2.40. The van der Waals surface area contributed by atoms with Gasteiger partial charge in [-0.2, -0.15) is 0 Å². The normalized spacial score (nSPS) is 21.8. The van der Waals surface area contributed by atoms with Crippen LogP contribution in [0.15, 0.2) is 40.8 Å². The summed E-state index contributed by atoms with van der Waals surface area (Å²) in [7, 11) is 1.69. The average Bonchev–Trinajstić information content (AvgIpc) is 3.70. The van der Waals surface area contributed by atoms with E-state index in [-0.39, 0.29) is 24.5 Å². The Morgan fingerprint density at radius 2 is 1.90 bits per heavy atom. The fraction of sp³-hybridized carbons (Fsp3) is 0.531. The van der Waals surface area contributed by atoms with Crippen molar-refractivity contribution >= 4 is 16.9 Å². The Morgan fingerprint density at radius 3 is 2.59 bits per heavy atom. The molecule has 1 saturated carbocycles. The Morgan fingerprint density at radius 1 is 1.10 bits per heavy atom. The molecule has 1 unspecified atom stereocenters. The Balaban J connectivity index is 1.12. The van der Waals surface area contributed by atoms with Gasteiger partial charge < -0.3 is 24.1 Å². The van der Waals surface area contributed by atoms with E-state index in [1.807, 2.05) is 25.1 Å². The minimum atomic E-state index is -0.718. The largest absolute Gasteiger partial charge is 0.496 e. The highest BCUT2D eigenvalue weighted by molar-refractivity contribution is 5.83. The quantitative estimate of drug-likeness (QED) is 0.362. The molecule has 39 heavy (non-hydrogen) atoms. The molecule has 0 bridgehead atoms.